The minimum absolute atomic E-state index is 0.0306. The van der Waals surface area contributed by atoms with Crippen molar-refractivity contribution >= 4 is 5.91 Å². The molecule has 0 saturated carbocycles. The van der Waals surface area contributed by atoms with Gasteiger partial charge in [0.15, 0.2) is 11.6 Å². The summed E-state index contributed by atoms with van der Waals surface area (Å²) in [6, 6.07) is 3.37. The summed E-state index contributed by atoms with van der Waals surface area (Å²) in [4.78, 5) is 13.3. The summed E-state index contributed by atoms with van der Waals surface area (Å²) in [5, 5.41) is 9.16. The quantitative estimate of drug-likeness (QED) is 0.892. The van der Waals surface area contributed by atoms with Gasteiger partial charge in [-0.3, -0.25) is 4.79 Å². The summed E-state index contributed by atoms with van der Waals surface area (Å²) in [6.45, 7) is 3.26. The lowest BCUT2D eigenvalue weighted by atomic mass is 10.0. The molecule has 0 unspecified atom stereocenters. The highest BCUT2D eigenvalue weighted by Crippen LogP contribution is 2.15. The highest BCUT2D eigenvalue weighted by atomic mass is 19.2. The number of carbonyl (C=O) groups is 1. The first-order valence-corrected chi connectivity index (χ1v) is 5.59. The molecule has 100 valence electrons. The van der Waals surface area contributed by atoms with Crippen molar-refractivity contribution in [1.82, 2.24) is 4.90 Å². The molecule has 1 amide bonds. The number of nitrogens with zero attached hydrogens (tertiary/aromatic N) is 1. The van der Waals surface area contributed by atoms with Crippen LogP contribution in [0.5, 0.6) is 0 Å². The molecule has 0 saturated heterocycles. The molecule has 0 heterocycles. The minimum atomic E-state index is -0.968. The van der Waals surface area contributed by atoms with Crippen LogP contribution in [-0.4, -0.2) is 35.1 Å². The van der Waals surface area contributed by atoms with Gasteiger partial charge in [-0.15, -0.1) is 0 Å². The fourth-order valence-electron chi connectivity index (χ4n) is 1.39. The van der Waals surface area contributed by atoms with Crippen molar-refractivity contribution in [3.05, 3.63) is 35.4 Å². The molecule has 0 bridgehead atoms. The van der Waals surface area contributed by atoms with Gasteiger partial charge in [0, 0.05) is 7.05 Å². The van der Waals surface area contributed by atoms with Crippen LogP contribution in [0.3, 0.4) is 0 Å². The van der Waals surface area contributed by atoms with Crippen LogP contribution in [0.2, 0.25) is 0 Å². The third-order valence-corrected chi connectivity index (χ3v) is 3.01. The van der Waals surface area contributed by atoms with Crippen LogP contribution in [0.25, 0.3) is 0 Å². The molecule has 0 aliphatic rings. The van der Waals surface area contributed by atoms with Gasteiger partial charge in [-0.05, 0) is 31.5 Å². The highest BCUT2D eigenvalue weighted by molar-refractivity contribution is 5.79. The smallest absolute Gasteiger partial charge is 0.227 e. The lowest BCUT2D eigenvalue weighted by Gasteiger charge is -2.34. The van der Waals surface area contributed by atoms with Crippen molar-refractivity contribution in [2.75, 3.05) is 13.7 Å². The lowest BCUT2D eigenvalue weighted by Crippen LogP contribution is -2.48. The van der Waals surface area contributed by atoms with E-state index in [1.165, 1.54) is 11.0 Å². The van der Waals surface area contributed by atoms with E-state index in [-0.39, 0.29) is 18.9 Å². The monoisotopic (exact) mass is 257 g/mol. The molecular formula is C13H17F2NO2. The molecule has 18 heavy (non-hydrogen) atoms. The Kier molecular flexibility index (Phi) is 4.40. The average Bonchev–Trinajstić information content (AvgIpc) is 2.32. The van der Waals surface area contributed by atoms with Crippen molar-refractivity contribution in [2.24, 2.45) is 0 Å². The normalized spacial score (nSPS) is 11.4. The topological polar surface area (TPSA) is 40.5 Å². The Hall–Kier alpha value is -1.49. The van der Waals surface area contributed by atoms with Crippen LogP contribution < -0.4 is 0 Å². The Bertz CT molecular complexity index is 447. The van der Waals surface area contributed by atoms with Crippen LogP contribution in [0.15, 0.2) is 18.2 Å². The number of benzene rings is 1. The molecule has 5 heteroatoms. The van der Waals surface area contributed by atoms with Crippen molar-refractivity contribution in [2.45, 2.75) is 25.8 Å². The van der Waals surface area contributed by atoms with Gasteiger partial charge in [-0.1, -0.05) is 6.07 Å². The molecule has 0 spiro atoms. The van der Waals surface area contributed by atoms with Crippen molar-refractivity contribution in [1.29, 1.82) is 0 Å². The maximum absolute atomic E-state index is 13.0. The van der Waals surface area contributed by atoms with E-state index < -0.39 is 17.2 Å². The standard InChI is InChI=1S/C13H17F2NO2/c1-13(2,8-17)16(3)12(18)7-9-4-5-10(14)11(15)6-9/h4-6,17H,7-8H2,1-3H3. The first kappa shape index (κ1) is 14.6. The zero-order valence-electron chi connectivity index (χ0n) is 10.7. The molecule has 0 aliphatic heterocycles. The zero-order valence-corrected chi connectivity index (χ0v) is 10.7. The number of rotatable bonds is 4. The van der Waals surface area contributed by atoms with E-state index in [9.17, 15) is 13.6 Å². The van der Waals surface area contributed by atoms with Gasteiger partial charge in [0.1, 0.15) is 0 Å². The summed E-state index contributed by atoms with van der Waals surface area (Å²) in [5.74, 6) is -2.17. The number of carbonyl (C=O) groups excluding carboxylic acids is 1. The van der Waals surface area contributed by atoms with Gasteiger partial charge >= 0.3 is 0 Å². The van der Waals surface area contributed by atoms with Crippen LogP contribution in [0.1, 0.15) is 19.4 Å². The van der Waals surface area contributed by atoms with Gasteiger partial charge in [0.25, 0.3) is 0 Å². The van der Waals surface area contributed by atoms with E-state index in [1.807, 2.05) is 0 Å². The number of aliphatic hydroxyl groups excluding tert-OH is 1. The van der Waals surface area contributed by atoms with Gasteiger partial charge in [0.05, 0.1) is 18.6 Å². The molecule has 0 atom stereocenters. The van der Waals surface area contributed by atoms with Crippen molar-refractivity contribution < 1.29 is 18.7 Å². The zero-order chi connectivity index (χ0) is 13.9. The summed E-state index contributed by atoms with van der Waals surface area (Å²) < 4.78 is 25.7. The summed E-state index contributed by atoms with van der Waals surface area (Å²) in [7, 11) is 1.57. The number of halogens is 2. The Labute approximate surface area is 105 Å². The number of hydrogen-bond acceptors (Lipinski definition) is 2. The highest BCUT2D eigenvalue weighted by Gasteiger charge is 2.26. The molecule has 3 nitrogen and oxygen atoms in total. The maximum Gasteiger partial charge on any atom is 0.227 e. The molecule has 0 aliphatic carbocycles. The molecule has 0 radical (unpaired) electrons. The van der Waals surface area contributed by atoms with Gasteiger partial charge < -0.3 is 10.0 Å². The van der Waals surface area contributed by atoms with Crippen molar-refractivity contribution in [3.63, 3.8) is 0 Å². The largest absolute Gasteiger partial charge is 0.394 e. The van der Waals surface area contributed by atoms with Gasteiger partial charge in [-0.25, -0.2) is 8.78 Å². The van der Waals surface area contributed by atoms with E-state index >= 15 is 0 Å². The SMILES string of the molecule is CN(C(=O)Cc1ccc(F)c(F)c1)C(C)(C)CO. The number of likely N-dealkylation sites (N-methyl/N-ethyl adjacent to an activating group) is 1. The number of amides is 1. The molecular weight excluding hydrogens is 240 g/mol. The van der Waals surface area contributed by atoms with E-state index in [2.05, 4.69) is 0 Å². The Morgan fingerprint density at radius 2 is 1.94 bits per heavy atom. The predicted molar refractivity (Wildman–Crippen MR) is 64.0 cm³/mol. The maximum atomic E-state index is 13.0. The summed E-state index contributed by atoms with van der Waals surface area (Å²) in [5.41, 5.74) is -0.283. The molecule has 1 aromatic rings. The Morgan fingerprint density at radius 3 is 2.44 bits per heavy atom. The third-order valence-electron chi connectivity index (χ3n) is 3.01. The Morgan fingerprint density at radius 1 is 1.33 bits per heavy atom. The van der Waals surface area contributed by atoms with E-state index in [0.717, 1.165) is 12.1 Å². The van der Waals surface area contributed by atoms with Crippen LogP contribution >= 0.6 is 0 Å². The predicted octanol–water partition coefficient (Wildman–Crippen LogP) is 1.74. The van der Waals surface area contributed by atoms with E-state index in [1.54, 1.807) is 20.9 Å². The van der Waals surface area contributed by atoms with E-state index in [0.29, 0.717) is 5.56 Å². The molecule has 1 aromatic carbocycles. The second kappa shape index (κ2) is 5.44. The lowest BCUT2D eigenvalue weighted by molar-refractivity contribution is -0.135. The fraction of sp³-hybridized carbons (Fsp3) is 0.462. The second-order valence-corrected chi connectivity index (χ2v) is 4.85. The van der Waals surface area contributed by atoms with E-state index in [4.69, 9.17) is 5.11 Å². The number of aliphatic hydroxyl groups is 1. The Balaban J connectivity index is 2.78. The van der Waals surface area contributed by atoms with Gasteiger partial charge in [-0.2, -0.15) is 0 Å². The second-order valence-electron chi connectivity index (χ2n) is 4.85. The van der Waals surface area contributed by atoms with Gasteiger partial charge in [0.2, 0.25) is 5.91 Å². The first-order valence-electron chi connectivity index (χ1n) is 5.59. The summed E-state index contributed by atoms with van der Waals surface area (Å²) >= 11 is 0. The fourth-order valence-corrected chi connectivity index (χ4v) is 1.39. The molecule has 1 rings (SSSR count). The van der Waals surface area contributed by atoms with Crippen molar-refractivity contribution in [3.8, 4) is 0 Å². The molecule has 1 N–H and O–H groups in total. The first-order chi connectivity index (χ1) is 8.27. The van der Waals surface area contributed by atoms with Crippen LogP contribution in [-0.2, 0) is 11.2 Å². The van der Waals surface area contributed by atoms with Crippen LogP contribution in [0.4, 0.5) is 8.78 Å². The van der Waals surface area contributed by atoms with Crippen LogP contribution in [0, 0.1) is 11.6 Å². The summed E-state index contributed by atoms with van der Waals surface area (Å²) in [6.07, 6.45) is -0.0306. The third kappa shape index (κ3) is 3.26. The average molecular weight is 257 g/mol. The minimum Gasteiger partial charge on any atom is -0.394 e. The molecule has 0 aromatic heterocycles. The molecule has 0 fully saturated rings. The number of hydrogen-bond donors (Lipinski definition) is 1.